The van der Waals surface area contributed by atoms with E-state index in [1.165, 1.54) is 101 Å². The smallest absolute Gasteiger partial charge is 0.0596 e. The number of nitrogens with zero attached hydrogens (tertiary/aromatic N) is 2. The van der Waals surface area contributed by atoms with Crippen LogP contribution in [0.4, 0.5) is 0 Å². The summed E-state index contributed by atoms with van der Waals surface area (Å²) in [6, 6.07) is 0. The monoisotopic (exact) mass is 576 g/mol. The van der Waals surface area contributed by atoms with Crippen LogP contribution in [0.5, 0.6) is 0 Å². The molecule has 0 aromatic rings. The third-order valence-corrected chi connectivity index (χ3v) is 17.2. The molecule has 0 bridgehead atoms. The van der Waals surface area contributed by atoms with Crippen molar-refractivity contribution >= 4 is 11.4 Å². The maximum absolute atomic E-state index is 10.8. The summed E-state index contributed by atoms with van der Waals surface area (Å²) < 4.78 is 0. The zero-order chi connectivity index (χ0) is 29.1. The number of hydrogen-bond acceptors (Lipinski definition) is 4. The van der Waals surface area contributed by atoms with Crippen molar-refractivity contribution in [3.63, 3.8) is 0 Å². The molecule has 8 saturated carbocycles. The second kappa shape index (κ2) is 9.88. The van der Waals surface area contributed by atoms with Gasteiger partial charge in [0.15, 0.2) is 0 Å². The van der Waals surface area contributed by atoms with Crippen LogP contribution < -0.4 is 0 Å². The van der Waals surface area contributed by atoms with Crippen LogP contribution in [0.25, 0.3) is 0 Å². The first-order valence-electron chi connectivity index (χ1n) is 18.5. The lowest BCUT2D eigenvalue weighted by Crippen LogP contribution is -2.54. The zero-order valence-corrected chi connectivity index (χ0v) is 27.3. The van der Waals surface area contributed by atoms with Crippen LogP contribution in [0.15, 0.2) is 10.2 Å². The van der Waals surface area contributed by atoms with E-state index in [0.717, 1.165) is 73.0 Å². The van der Waals surface area contributed by atoms with Crippen molar-refractivity contribution in [2.45, 2.75) is 155 Å². The van der Waals surface area contributed by atoms with Crippen molar-refractivity contribution in [3.8, 4) is 0 Å². The van der Waals surface area contributed by atoms with Crippen molar-refractivity contribution in [2.75, 3.05) is 0 Å². The van der Waals surface area contributed by atoms with Crippen LogP contribution >= 0.6 is 0 Å². The van der Waals surface area contributed by atoms with Crippen LogP contribution in [0.1, 0.15) is 143 Å². The standard InChI is InChI=1S/C38H60N2O2/c1-35-17-13-25(21-23(35)5-7-27-29-9-11-33(41)37(29,3)19-15-31(27)35)39-40-26-14-18-36(2)24(22-26)6-8-28-30-10-12-34(42)38(30,4)20-16-32(28)36/h23-24,27-34,41-42H,5-22H2,1-4H3/b39-25-,40-26+/t23-,24-,27-,28-,29+,30+,31+,32-,33+,34+,35+,36+,37+,38+/m1/s1. The Morgan fingerprint density at radius 1 is 0.476 bits per heavy atom. The minimum atomic E-state index is -0.0642. The predicted molar refractivity (Wildman–Crippen MR) is 170 cm³/mol. The lowest BCUT2D eigenvalue weighted by atomic mass is 9.45. The Morgan fingerprint density at radius 3 is 1.31 bits per heavy atom. The van der Waals surface area contributed by atoms with Crippen molar-refractivity contribution in [1.82, 2.24) is 0 Å². The Bertz CT molecular complexity index is 1060. The first-order valence-corrected chi connectivity index (χ1v) is 18.5. The molecular formula is C38H60N2O2. The van der Waals surface area contributed by atoms with Crippen molar-refractivity contribution in [1.29, 1.82) is 0 Å². The summed E-state index contributed by atoms with van der Waals surface area (Å²) >= 11 is 0. The molecule has 234 valence electrons. The van der Waals surface area contributed by atoms with Gasteiger partial charge in [-0.3, -0.25) is 0 Å². The Morgan fingerprint density at radius 2 is 0.881 bits per heavy atom. The van der Waals surface area contributed by atoms with Gasteiger partial charge in [-0.25, -0.2) is 0 Å². The van der Waals surface area contributed by atoms with Crippen LogP contribution in [0, 0.1) is 69.0 Å². The fraction of sp³-hybridized carbons (Fsp3) is 0.947. The topological polar surface area (TPSA) is 65.2 Å². The molecule has 0 aromatic heterocycles. The summed E-state index contributed by atoms with van der Waals surface area (Å²) in [6.45, 7) is 10.1. The molecule has 8 rings (SSSR count). The molecule has 42 heavy (non-hydrogen) atoms. The molecule has 0 saturated heterocycles. The Labute approximate surface area is 256 Å². The lowest BCUT2D eigenvalue weighted by molar-refractivity contribution is -0.112. The molecule has 0 radical (unpaired) electrons. The molecule has 4 heteroatoms. The molecule has 0 unspecified atom stereocenters. The molecule has 4 nitrogen and oxygen atoms in total. The van der Waals surface area contributed by atoms with Crippen LogP contribution in [0.2, 0.25) is 0 Å². The third kappa shape index (κ3) is 3.97. The Hall–Kier alpha value is -0.740. The molecular weight excluding hydrogens is 516 g/mol. The van der Waals surface area contributed by atoms with Gasteiger partial charge in [0.25, 0.3) is 0 Å². The van der Waals surface area contributed by atoms with Gasteiger partial charge in [-0.05, 0) is 185 Å². The van der Waals surface area contributed by atoms with E-state index in [1.807, 2.05) is 0 Å². The normalized spacial score (nSPS) is 58.9. The van der Waals surface area contributed by atoms with Crippen LogP contribution in [0.3, 0.4) is 0 Å². The summed E-state index contributed by atoms with van der Waals surface area (Å²) in [7, 11) is 0. The summed E-state index contributed by atoms with van der Waals surface area (Å²) in [5, 5.41) is 31.7. The van der Waals surface area contributed by atoms with Crippen molar-refractivity contribution in [2.24, 2.45) is 79.2 Å². The van der Waals surface area contributed by atoms with E-state index in [2.05, 4.69) is 27.7 Å². The number of fused-ring (bicyclic) bond motifs is 10. The fourth-order valence-electron chi connectivity index (χ4n) is 14.4. The maximum atomic E-state index is 10.8. The fourth-order valence-corrected chi connectivity index (χ4v) is 14.4. The first-order chi connectivity index (χ1) is 20.1. The van der Waals surface area contributed by atoms with Gasteiger partial charge in [0.2, 0.25) is 0 Å². The molecule has 0 spiro atoms. The highest BCUT2D eigenvalue weighted by atomic mass is 16.3. The van der Waals surface area contributed by atoms with E-state index in [1.54, 1.807) is 0 Å². The molecule has 0 amide bonds. The second-order valence-electron chi connectivity index (χ2n) is 18.3. The van der Waals surface area contributed by atoms with E-state index in [4.69, 9.17) is 10.2 Å². The minimum Gasteiger partial charge on any atom is -0.393 e. The predicted octanol–water partition coefficient (Wildman–Crippen LogP) is 8.59. The number of aliphatic hydroxyl groups is 2. The van der Waals surface area contributed by atoms with Crippen molar-refractivity contribution in [3.05, 3.63) is 0 Å². The van der Waals surface area contributed by atoms with E-state index >= 15 is 0 Å². The second-order valence-corrected chi connectivity index (χ2v) is 18.3. The summed E-state index contributed by atoms with van der Waals surface area (Å²) in [5.41, 5.74) is 4.08. The van der Waals surface area contributed by atoms with Gasteiger partial charge >= 0.3 is 0 Å². The Balaban J connectivity index is 0.928. The third-order valence-electron chi connectivity index (χ3n) is 17.2. The van der Waals surface area contributed by atoms with Crippen LogP contribution in [-0.2, 0) is 0 Å². The highest BCUT2D eigenvalue weighted by molar-refractivity contribution is 5.89. The SMILES string of the molecule is C[C@]12CC/C(=N\N=C3\CC[C@@]4(C)[C@H](CC[C@H]5[C@@H]4CC[C@]4(C)[C@@H](O)CC[C@@H]54)C3)C[C@H]1CC[C@H]1[C@H]2CC[C@]2(C)[C@@H](O)CC[C@@H]12. The van der Waals surface area contributed by atoms with Crippen molar-refractivity contribution < 1.29 is 10.2 Å². The number of hydrogen-bond donors (Lipinski definition) is 2. The minimum absolute atomic E-state index is 0.0642. The average Bonchev–Trinajstić information content (AvgIpc) is 3.46. The van der Waals surface area contributed by atoms with E-state index in [0.29, 0.717) is 10.8 Å². The van der Waals surface area contributed by atoms with Gasteiger partial charge in [-0.2, -0.15) is 10.2 Å². The Kier molecular flexibility index (Phi) is 6.75. The van der Waals surface area contributed by atoms with Gasteiger partial charge in [0.05, 0.1) is 12.2 Å². The summed E-state index contributed by atoms with van der Waals surface area (Å²) in [5.74, 6) is 6.43. The molecule has 14 atom stereocenters. The quantitative estimate of drug-likeness (QED) is 0.307. The average molecular weight is 577 g/mol. The van der Waals surface area contributed by atoms with Gasteiger partial charge in [-0.1, -0.05) is 27.7 Å². The van der Waals surface area contributed by atoms with Gasteiger partial charge in [0.1, 0.15) is 0 Å². The van der Waals surface area contributed by atoms with Gasteiger partial charge in [-0.15, -0.1) is 0 Å². The molecule has 8 aliphatic carbocycles. The van der Waals surface area contributed by atoms with Gasteiger partial charge in [0, 0.05) is 11.4 Å². The first kappa shape index (κ1) is 28.7. The van der Waals surface area contributed by atoms with Gasteiger partial charge < -0.3 is 10.2 Å². The molecule has 8 aliphatic rings. The number of rotatable bonds is 1. The summed E-state index contributed by atoms with van der Waals surface area (Å²) in [6.07, 6.45) is 22.3. The van der Waals surface area contributed by atoms with Crippen LogP contribution in [-0.4, -0.2) is 33.8 Å². The highest BCUT2D eigenvalue weighted by Crippen LogP contribution is 2.67. The maximum Gasteiger partial charge on any atom is 0.0596 e. The number of aliphatic hydroxyl groups excluding tert-OH is 2. The highest BCUT2D eigenvalue weighted by Gasteiger charge is 2.61. The summed E-state index contributed by atoms with van der Waals surface area (Å²) in [4.78, 5) is 0. The zero-order valence-electron chi connectivity index (χ0n) is 27.3. The molecule has 0 aromatic carbocycles. The lowest BCUT2D eigenvalue weighted by Gasteiger charge is -2.60. The molecule has 2 N–H and O–H groups in total. The largest absolute Gasteiger partial charge is 0.393 e. The molecule has 8 fully saturated rings. The molecule has 0 heterocycles. The van der Waals surface area contributed by atoms with E-state index in [9.17, 15) is 10.2 Å². The molecule has 0 aliphatic heterocycles. The van der Waals surface area contributed by atoms with E-state index < -0.39 is 0 Å². The van der Waals surface area contributed by atoms with E-state index in [-0.39, 0.29) is 23.0 Å².